The molecule has 3 N–H and O–H groups in total. The Morgan fingerprint density at radius 3 is 2.45 bits per heavy atom. The smallest absolute Gasteiger partial charge is 0.323 e. The first-order chi connectivity index (χ1) is 15.9. The molecule has 1 fully saturated rings. The van der Waals surface area contributed by atoms with Gasteiger partial charge in [0, 0.05) is 37.6 Å². The fourth-order valence-corrected chi connectivity index (χ4v) is 4.22. The standard InChI is InChI=1S/C24H31Cl2N5O2/c1-3-30(4-2)15-12-27-23(32)18-16-17(10-11-21(18)31-13-5-6-14-31)28-24(33)29-20-9-7-8-19(25)22(20)26/h7-11,16H,3-6,12-15H2,1-2H3,(H,27,32)(H2,28,29,33). The summed E-state index contributed by atoms with van der Waals surface area (Å²) in [6.07, 6.45) is 2.21. The van der Waals surface area contributed by atoms with Crippen LogP contribution in [-0.4, -0.2) is 56.1 Å². The third-order valence-electron chi connectivity index (χ3n) is 5.75. The minimum Gasteiger partial charge on any atom is -0.371 e. The van der Waals surface area contributed by atoms with E-state index in [4.69, 9.17) is 23.2 Å². The van der Waals surface area contributed by atoms with Crippen molar-refractivity contribution in [2.45, 2.75) is 26.7 Å². The Balaban J connectivity index is 1.74. The number of rotatable bonds is 9. The van der Waals surface area contributed by atoms with E-state index in [1.54, 1.807) is 30.3 Å². The molecule has 0 saturated carbocycles. The summed E-state index contributed by atoms with van der Waals surface area (Å²) in [7, 11) is 0. The number of anilines is 3. The molecular weight excluding hydrogens is 461 g/mol. The van der Waals surface area contributed by atoms with E-state index in [-0.39, 0.29) is 10.9 Å². The van der Waals surface area contributed by atoms with Crippen LogP contribution in [0.2, 0.25) is 10.0 Å². The van der Waals surface area contributed by atoms with Gasteiger partial charge in [-0.1, -0.05) is 43.1 Å². The summed E-state index contributed by atoms with van der Waals surface area (Å²) in [5, 5.41) is 9.13. The van der Waals surface area contributed by atoms with E-state index in [2.05, 4.69) is 39.6 Å². The van der Waals surface area contributed by atoms with Crippen molar-refractivity contribution in [3.8, 4) is 0 Å². The van der Waals surface area contributed by atoms with Crippen molar-refractivity contribution in [3.05, 3.63) is 52.0 Å². The van der Waals surface area contributed by atoms with Gasteiger partial charge in [-0.3, -0.25) is 4.79 Å². The number of nitrogens with one attached hydrogen (secondary N) is 3. The minimum atomic E-state index is -0.471. The molecule has 9 heteroatoms. The van der Waals surface area contributed by atoms with Crippen molar-refractivity contribution in [3.63, 3.8) is 0 Å². The predicted molar refractivity (Wildman–Crippen MR) is 137 cm³/mol. The largest absolute Gasteiger partial charge is 0.371 e. The van der Waals surface area contributed by atoms with Crippen LogP contribution in [0.3, 0.4) is 0 Å². The second-order valence-electron chi connectivity index (χ2n) is 7.89. The maximum absolute atomic E-state index is 13.1. The molecule has 178 valence electrons. The summed E-state index contributed by atoms with van der Waals surface area (Å²) in [6.45, 7) is 9.28. The maximum atomic E-state index is 13.1. The van der Waals surface area contributed by atoms with Crippen molar-refractivity contribution in [1.29, 1.82) is 0 Å². The highest BCUT2D eigenvalue weighted by Gasteiger charge is 2.21. The fourth-order valence-electron chi connectivity index (χ4n) is 3.88. The second-order valence-corrected chi connectivity index (χ2v) is 8.67. The van der Waals surface area contributed by atoms with Crippen LogP contribution in [-0.2, 0) is 0 Å². The molecule has 3 rings (SSSR count). The lowest BCUT2D eigenvalue weighted by Crippen LogP contribution is -2.35. The Bertz CT molecular complexity index is 975. The third-order valence-corrected chi connectivity index (χ3v) is 6.57. The Hall–Kier alpha value is -2.48. The number of urea groups is 1. The van der Waals surface area contributed by atoms with Gasteiger partial charge in [0.15, 0.2) is 0 Å². The number of nitrogens with zero attached hydrogens (tertiary/aromatic N) is 2. The summed E-state index contributed by atoms with van der Waals surface area (Å²) < 4.78 is 0. The van der Waals surface area contributed by atoms with E-state index >= 15 is 0 Å². The van der Waals surface area contributed by atoms with Crippen molar-refractivity contribution < 1.29 is 9.59 Å². The van der Waals surface area contributed by atoms with Gasteiger partial charge in [-0.25, -0.2) is 4.79 Å². The molecule has 0 aromatic heterocycles. The number of halogens is 2. The molecular formula is C24H31Cl2N5O2. The zero-order valence-electron chi connectivity index (χ0n) is 19.1. The molecule has 0 aliphatic carbocycles. The molecule has 2 aromatic rings. The van der Waals surface area contributed by atoms with E-state index in [0.29, 0.717) is 28.5 Å². The first-order valence-corrected chi connectivity index (χ1v) is 12.1. The lowest BCUT2D eigenvalue weighted by molar-refractivity contribution is 0.0949. The summed E-state index contributed by atoms with van der Waals surface area (Å²) in [6, 6.07) is 9.97. The van der Waals surface area contributed by atoms with Gasteiger partial charge < -0.3 is 25.8 Å². The van der Waals surface area contributed by atoms with Gasteiger partial charge >= 0.3 is 6.03 Å². The Labute approximate surface area is 205 Å². The normalized spacial score (nSPS) is 13.3. The second kappa shape index (κ2) is 12.1. The molecule has 2 aromatic carbocycles. The molecule has 0 spiro atoms. The molecule has 0 atom stereocenters. The summed E-state index contributed by atoms with van der Waals surface area (Å²) >= 11 is 12.2. The minimum absolute atomic E-state index is 0.147. The van der Waals surface area contributed by atoms with Crippen molar-refractivity contribution in [2.75, 3.05) is 54.8 Å². The monoisotopic (exact) mass is 491 g/mol. The van der Waals surface area contributed by atoms with Crippen LogP contribution >= 0.6 is 23.2 Å². The quantitative estimate of drug-likeness (QED) is 0.444. The van der Waals surface area contributed by atoms with Crippen molar-refractivity contribution in [1.82, 2.24) is 10.2 Å². The summed E-state index contributed by atoms with van der Waals surface area (Å²) in [5.74, 6) is -0.147. The van der Waals surface area contributed by atoms with Crippen LogP contribution in [0, 0.1) is 0 Å². The van der Waals surface area contributed by atoms with Gasteiger partial charge in [0.05, 0.1) is 21.3 Å². The van der Waals surface area contributed by atoms with E-state index in [0.717, 1.165) is 51.3 Å². The fraction of sp³-hybridized carbons (Fsp3) is 0.417. The van der Waals surface area contributed by atoms with Gasteiger partial charge in [-0.05, 0) is 56.3 Å². The van der Waals surface area contributed by atoms with Crippen LogP contribution in [0.25, 0.3) is 0 Å². The van der Waals surface area contributed by atoms with Gasteiger partial charge in [0.2, 0.25) is 0 Å². The van der Waals surface area contributed by atoms with E-state index in [1.807, 2.05) is 6.07 Å². The number of likely N-dealkylation sites (N-methyl/N-ethyl adjacent to an activating group) is 1. The van der Waals surface area contributed by atoms with E-state index < -0.39 is 6.03 Å². The van der Waals surface area contributed by atoms with Crippen LogP contribution in [0.4, 0.5) is 21.9 Å². The number of benzene rings is 2. The average molecular weight is 492 g/mol. The number of hydrogen-bond acceptors (Lipinski definition) is 4. The topological polar surface area (TPSA) is 76.7 Å². The molecule has 33 heavy (non-hydrogen) atoms. The van der Waals surface area contributed by atoms with Gasteiger partial charge in [0.1, 0.15) is 0 Å². The highest BCUT2D eigenvalue weighted by molar-refractivity contribution is 6.44. The third kappa shape index (κ3) is 6.76. The number of carbonyl (C=O) groups is 2. The average Bonchev–Trinajstić information content (AvgIpc) is 3.34. The Kier molecular flexibility index (Phi) is 9.23. The van der Waals surface area contributed by atoms with Crippen molar-refractivity contribution in [2.24, 2.45) is 0 Å². The van der Waals surface area contributed by atoms with Gasteiger partial charge in [-0.2, -0.15) is 0 Å². The Morgan fingerprint density at radius 1 is 1.03 bits per heavy atom. The highest BCUT2D eigenvalue weighted by Crippen LogP contribution is 2.30. The van der Waals surface area contributed by atoms with Gasteiger partial charge in [0.25, 0.3) is 5.91 Å². The lowest BCUT2D eigenvalue weighted by Gasteiger charge is -2.23. The predicted octanol–water partition coefficient (Wildman–Crippen LogP) is 5.31. The van der Waals surface area contributed by atoms with E-state index in [9.17, 15) is 9.59 Å². The Morgan fingerprint density at radius 2 is 1.76 bits per heavy atom. The summed E-state index contributed by atoms with van der Waals surface area (Å²) in [4.78, 5) is 30.1. The van der Waals surface area contributed by atoms with Gasteiger partial charge in [-0.15, -0.1) is 0 Å². The first-order valence-electron chi connectivity index (χ1n) is 11.3. The zero-order valence-corrected chi connectivity index (χ0v) is 20.6. The van der Waals surface area contributed by atoms with Crippen LogP contribution in [0.5, 0.6) is 0 Å². The van der Waals surface area contributed by atoms with Crippen molar-refractivity contribution >= 4 is 52.2 Å². The SMILES string of the molecule is CCN(CC)CCNC(=O)c1cc(NC(=O)Nc2cccc(Cl)c2Cl)ccc1N1CCCC1. The molecule has 1 aliphatic heterocycles. The van der Waals surface area contributed by atoms with Crippen LogP contribution < -0.4 is 20.9 Å². The first kappa shape index (κ1) is 25.1. The molecule has 0 radical (unpaired) electrons. The molecule has 1 saturated heterocycles. The number of carbonyl (C=O) groups excluding carboxylic acids is 2. The van der Waals surface area contributed by atoms with E-state index in [1.165, 1.54) is 0 Å². The van der Waals surface area contributed by atoms with Crippen LogP contribution in [0.1, 0.15) is 37.0 Å². The molecule has 7 nitrogen and oxygen atoms in total. The molecule has 0 bridgehead atoms. The number of amides is 3. The molecule has 0 unspecified atom stereocenters. The molecule has 1 heterocycles. The zero-order chi connectivity index (χ0) is 23.8. The molecule has 1 aliphatic rings. The maximum Gasteiger partial charge on any atom is 0.323 e. The summed E-state index contributed by atoms with van der Waals surface area (Å²) in [5.41, 5.74) is 2.36. The lowest BCUT2D eigenvalue weighted by atomic mass is 10.1. The number of hydrogen-bond donors (Lipinski definition) is 3. The highest BCUT2D eigenvalue weighted by atomic mass is 35.5. The molecule has 3 amide bonds. The van der Waals surface area contributed by atoms with Crippen LogP contribution in [0.15, 0.2) is 36.4 Å².